The molecule has 0 radical (unpaired) electrons. The van der Waals surface area contributed by atoms with Gasteiger partial charge in [0.15, 0.2) is 5.25 Å². The molecule has 2 saturated carbocycles. The van der Waals surface area contributed by atoms with Crippen LogP contribution in [0.1, 0.15) is 46.0 Å². The van der Waals surface area contributed by atoms with E-state index < -0.39 is 61.3 Å². The summed E-state index contributed by atoms with van der Waals surface area (Å²) in [7, 11) is -8.92. The van der Waals surface area contributed by atoms with Gasteiger partial charge in [-0.25, -0.2) is 8.42 Å². The highest BCUT2D eigenvalue weighted by atomic mass is 32.2. The molecule has 10 nitrogen and oxygen atoms in total. The van der Waals surface area contributed by atoms with Gasteiger partial charge < -0.3 is 14.0 Å². The highest BCUT2D eigenvalue weighted by Crippen LogP contribution is 2.55. The summed E-state index contributed by atoms with van der Waals surface area (Å²) in [6.07, 6.45) is -0.348. The second-order valence-corrected chi connectivity index (χ2v) is 11.5. The van der Waals surface area contributed by atoms with Gasteiger partial charge in [0, 0.05) is 11.8 Å². The van der Waals surface area contributed by atoms with E-state index in [9.17, 15) is 31.0 Å². The van der Waals surface area contributed by atoms with Crippen molar-refractivity contribution in [2.75, 3.05) is 6.61 Å². The molecule has 1 heterocycles. The van der Waals surface area contributed by atoms with Crippen LogP contribution < -0.4 is 0 Å². The molecule has 3 fully saturated rings. The van der Waals surface area contributed by atoms with Crippen molar-refractivity contribution in [3.05, 3.63) is 0 Å². The molecule has 2 aliphatic carbocycles. The van der Waals surface area contributed by atoms with Crippen molar-refractivity contribution in [2.45, 2.75) is 68.7 Å². The smallest absolute Gasteiger partial charge is 0.324 e. The van der Waals surface area contributed by atoms with Crippen LogP contribution in [0.5, 0.6) is 0 Å². The van der Waals surface area contributed by atoms with Crippen LogP contribution >= 0.6 is 0 Å². The number of esters is 2. The largest absolute Gasteiger partial charge is 0.747 e. The van der Waals surface area contributed by atoms with E-state index in [0.717, 1.165) is 12.8 Å². The fourth-order valence-corrected chi connectivity index (χ4v) is 7.09. The van der Waals surface area contributed by atoms with Gasteiger partial charge in [-0.3, -0.25) is 13.8 Å². The molecule has 0 aromatic rings. The van der Waals surface area contributed by atoms with E-state index in [0.29, 0.717) is 6.42 Å². The highest BCUT2D eigenvalue weighted by Gasteiger charge is 2.65. The Morgan fingerprint density at radius 2 is 1.97 bits per heavy atom. The van der Waals surface area contributed by atoms with Crippen LogP contribution in [0.25, 0.3) is 0 Å². The summed E-state index contributed by atoms with van der Waals surface area (Å²) >= 11 is 0. The van der Waals surface area contributed by atoms with Gasteiger partial charge in [0.1, 0.15) is 22.3 Å². The van der Waals surface area contributed by atoms with E-state index in [4.69, 9.17) is 13.7 Å². The molecule has 12 heteroatoms. The van der Waals surface area contributed by atoms with Crippen molar-refractivity contribution in [1.29, 1.82) is 0 Å². The zero-order chi connectivity index (χ0) is 21.6. The van der Waals surface area contributed by atoms with Gasteiger partial charge >= 0.3 is 11.9 Å². The number of ether oxygens (including phenoxy) is 2. The molecular formula is C17H25O10S2-. The summed E-state index contributed by atoms with van der Waals surface area (Å²) in [5, 5.41) is -2.88. The molecule has 1 aliphatic heterocycles. The Morgan fingerprint density at radius 3 is 2.59 bits per heavy atom. The number of rotatable bonds is 9. The van der Waals surface area contributed by atoms with Gasteiger partial charge in [0.25, 0.3) is 10.1 Å². The monoisotopic (exact) mass is 453 g/mol. The lowest BCUT2D eigenvalue weighted by Crippen LogP contribution is -2.42. The predicted molar refractivity (Wildman–Crippen MR) is 96.8 cm³/mol. The summed E-state index contributed by atoms with van der Waals surface area (Å²) in [6.45, 7) is 3.87. The Kier molecular flexibility index (Phi) is 6.29. The number of fused-ring (bicyclic) bond motifs is 1. The van der Waals surface area contributed by atoms with Crippen LogP contribution in [0.2, 0.25) is 0 Å². The normalized spacial score (nSPS) is 34.0. The molecule has 0 N–H and O–H groups in total. The molecule has 0 aromatic heterocycles. The zero-order valence-electron chi connectivity index (χ0n) is 16.2. The lowest BCUT2D eigenvalue weighted by atomic mass is 9.94. The molecule has 2 bridgehead atoms. The molecule has 7 atom stereocenters. The molecular weight excluding hydrogens is 428 g/mol. The standard InChI is InChI=1S/C17H26O10S2/c1-3-4-9(2)8-25-14(18)7-13(28(20,21)22)17(19)26-15-10-5-11-12(6-10)29(23,24)27-16(11)15/h9-13,15-16H,3-8H2,1-2H3,(H,20,21,22)/p-1. The lowest BCUT2D eigenvalue weighted by Gasteiger charge is -2.27. The molecule has 0 aromatic carbocycles. The quantitative estimate of drug-likeness (QED) is 0.271. The average Bonchev–Trinajstić information content (AvgIpc) is 3.21. The first-order chi connectivity index (χ1) is 13.4. The van der Waals surface area contributed by atoms with Gasteiger partial charge in [-0.05, 0) is 25.2 Å². The summed E-state index contributed by atoms with van der Waals surface area (Å²) in [5.41, 5.74) is 0. The summed E-state index contributed by atoms with van der Waals surface area (Å²) in [5.74, 6) is -2.90. The van der Waals surface area contributed by atoms with Crippen LogP contribution in [0.3, 0.4) is 0 Å². The maximum absolute atomic E-state index is 12.4. The van der Waals surface area contributed by atoms with Crippen LogP contribution in [-0.2, 0) is 43.5 Å². The average molecular weight is 454 g/mol. The van der Waals surface area contributed by atoms with Gasteiger partial charge in [-0.2, -0.15) is 8.42 Å². The van der Waals surface area contributed by atoms with E-state index >= 15 is 0 Å². The lowest BCUT2D eigenvalue weighted by molar-refractivity contribution is -0.158. The van der Waals surface area contributed by atoms with Crippen molar-refractivity contribution in [3.63, 3.8) is 0 Å². The SMILES string of the molecule is CCCC(C)COC(=O)CC(C(=O)OC1C2CC3C1OS(=O)(=O)C3C2)S(=O)(=O)[O-]. The van der Waals surface area contributed by atoms with Crippen LogP contribution in [-0.4, -0.2) is 62.6 Å². The highest BCUT2D eigenvalue weighted by molar-refractivity contribution is 7.87. The number of carbonyl (C=O) groups excluding carboxylic acids is 2. The predicted octanol–water partition coefficient (Wildman–Crippen LogP) is 0.319. The van der Waals surface area contributed by atoms with Crippen molar-refractivity contribution in [1.82, 2.24) is 0 Å². The van der Waals surface area contributed by atoms with Gasteiger partial charge in [-0.1, -0.05) is 20.3 Å². The minimum atomic E-state index is -5.18. The number of hydrogen-bond donors (Lipinski definition) is 0. The third-order valence-corrected chi connectivity index (χ3v) is 8.77. The van der Waals surface area contributed by atoms with E-state index in [2.05, 4.69) is 0 Å². The number of hydrogen-bond acceptors (Lipinski definition) is 10. The van der Waals surface area contributed by atoms with Crippen molar-refractivity contribution in [2.24, 2.45) is 17.8 Å². The summed E-state index contributed by atoms with van der Waals surface area (Å²) in [4.78, 5) is 24.4. The summed E-state index contributed by atoms with van der Waals surface area (Å²) in [6, 6.07) is 0. The molecule has 166 valence electrons. The molecule has 3 rings (SSSR count). The second-order valence-electron chi connectivity index (χ2n) is 8.15. The van der Waals surface area contributed by atoms with Gasteiger partial charge in [0.05, 0.1) is 18.3 Å². The first kappa shape index (κ1) is 22.4. The minimum absolute atomic E-state index is 0.0505. The molecule has 3 aliphatic rings. The fraction of sp³-hybridized carbons (Fsp3) is 0.882. The van der Waals surface area contributed by atoms with Crippen LogP contribution in [0.4, 0.5) is 0 Å². The Labute approximate surface area is 170 Å². The Morgan fingerprint density at radius 1 is 1.28 bits per heavy atom. The Bertz CT molecular complexity index is 865. The van der Waals surface area contributed by atoms with E-state index in [-0.39, 0.29) is 30.8 Å². The molecule has 0 amide bonds. The van der Waals surface area contributed by atoms with Crippen molar-refractivity contribution >= 4 is 32.2 Å². The third kappa shape index (κ3) is 4.59. The van der Waals surface area contributed by atoms with E-state index in [1.54, 1.807) is 0 Å². The first-order valence-electron chi connectivity index (χ1n) is 9.67. The van der Waals surface area contributed by atoms with E-state index in [1.807, 2.05) is 13.8 Å². The third-order valence-electron chi connectivity index (χ3n) is 5.94. The molecule has 29 heavy (non-hydrogen) atoms. The molecule has 1 saturated heterocycles. The van der Waals surface area contributed by atoms with Gasteiger partial charge in [0.2, 0.25) is 0 Å². The zero-order valence-corrected chi connectivity index (χ0v) is 17.8. The van der Waals surface area contributed by atoms with Gasteiger partial charge in [-0.15, -0.1) is 0 Å². The van der Waals surface area contributed by atoms with Crippen LogP contribution in [0.15, 0.2) is 0 Å². The first-order valence-corrected chi connectivity index (χ1v) is 12.6. The fourth-order valence-electron chi connectivity index (χ4n) is 4.58. The van der Waals surface area contributed by atoms with Crippen molar-refractivity contribution in [3.8, 4) is 0 Å². The summed E-state index contributed by atoms with van der Waals surface area (Å²) < 4.78 is 73.8. The van der Waals surface area contributed by atoms with Crippen LogP contribution in [0, 0.1) is 17.8 Å². The maximum Gasteiger partial charge on any atom is 0.324 e. The Hall–Kier alpha value is -1.24. The number of carbonyl (C=O) groups is 2. The molecule has 0 spiro atoms. The maximum atomic E-state index is 12.4. The molecule has 7 unspecified atom stereocenters. The topological polar surface area (TPSA) is 153 Å². The van der Waals surface area contributed by atoms with E-state index in [1.165, 1.54) is 0 Å². The minimum Gasteiger partial charge on any atom is -0.747 e. The second kappa shape index (κ2) is 8.12. The van der Waals surface area contributed by atoms with Crippen molar-refractivity contribution < 1.29 is 44.6 Å². The Balaban J connectivity index is 1.63.